The summed E-state index contributed by atoms with van der Waals surface area (Å²) in [6.45, 7) is 5.88. The molecule has 1 rings (SSSR count). The van der Waals surface area contributed by atoms with E-state index in [1.165, 1.54) is 12.7 Å². The van der Waals surface area contributed by atoms with Crippen molar-refractivity contribution in [3.63, 3.8) is 0 Å². The number of nitrogens with one attached hydrogen (secondary N) is 2. The van der Waals surface area contributed by atoms with Crippen LogP contribution in [0.2, 0.25) is 0 Å². The van der Waals surface area contributed by atoms with E-state index >= 15 is 0 Å². The van der Waals surface area contributed by atoms with E-state index in [0.29, 0.717) is 6.54 Å². The zero-order chi connectivity index (χ0) is 16.2. The number of benzene rings is 1. The summed E-state index contributed by atoms with van der Waals surface area (Å²) in [5.74, 6) is 0.278. The molecule has 0 heterocycles. The van der Waals surface area contributed by atoms with Gasteiger partial charge in [0.25, 0.3) is 0 Å². The monoisotopic (exact) mass is 305 g/mol. The average Bonchev–Trinajstić information content (AvgIpc) is 2.56. The normalized spacial score (nSPS) is 12.6. The van der Waals surface area contributed by atoms with E-state index in [1.54, 1.807) is 0 Å². The maximum absolute atomic E-state index is 11.4. The van der Waals surface area contributed by atoms with Crippen LogP contribution in [0.1, 0.15) is 25.8 Å². The van der Waals surface area contributed by atoms with E-state index in [9.17, 15) is 4.79 Å². The van der Waals surface area contributed by atoms with Gasteiger partial charge in [0, 0.05) is 13.1 Å². The second kappa shape index (κ2) is 10.7. The van der Waals surface area contributed by atoms with Gasteiger partial charge in [-0.05, 0) is 25.3 Å². The molecule has 5 nitrogen and oxygen atoms in total. The summed E-state index contributed by atoms with van der Waals surface area (Å²) in [6.07, 6.45) is 2.06. The van der Waals surface area contributed by atoms with Gasteiger partial charge in [-0.1, -0.05) is 37.3 Å². The predicted octanol–water partition coefficient (Wildman–Crippen LogP) is 1.98. The van der Waals surface area contributed by atoms with Gasteiger partial charge in [-0.3, -0.25) is 9.79 Å². The van der Waals surface area contributed by atoms with Crippen LogP contribution in [-0.4, -0.2) is 38.7 Å². The number of aryl methyl sites for hydroxylation is 1. The Morgan fingerprint density at radius 3 is 2.64 bits per heavy atom. The zero-order valence-corrected chi connectivity index (χ0v) is 13.8. The molecule has 122 valence electrons. The van der Waals surface area contributed by atoms with E-state index in [-0.39, 0.29) is 11.9 Å². The molecule has 1 aromatic carbocycles. The minimum atomic E-state index is -0.233. The van der Waals surface area contributed by atoms with Crippen molar-refractivity contribution in [1.82, 2.24) is 10.6 Å². The van der Waals surface area contributed by atoms with Gasteiger partial charge < -0.3 is 15.4 Å². The Morgan fingerprint density at radius 1 is 1.27 bits per heavy atom. The number of ether oxygens (including phenoxy) is 1. The summed E-state index contributed by atoms with van der Waals surface area (Å²) < 4.78 is 4.70. The Bertz CT molecular complexity index is 460. The Labute approximate surface area is 133 Å². The van der Waals surface area contributed by atoms with Crippen molar-refractivity contribution < 1.29 is 9.53 Å². The van der Waals surface area contributed by atoms with Gasteiger partial charge in [0.15, 0.2) is 5.96 Å². The maximum atomic E-state index is 11.4. The average molecular weight is 305 g/mol. The summed E-state index contributed by atoms with van der Waals surface area (Å²) in [5, 5.41) is 6.47. The van der Waals surface area contributed by atoms with Crippen molar-refractivity contribution in [3.05, 3.63) is 35.9 Å². The van der Waals surface area contributed by atoms with Gasteiger partial charge in [0.05, 0.1) is 19.6 Å². The molecule has 22 heavy (non-hydrogen) atoms. The largest absolute Gasteiger partial charge is 0.469 e. The molecule has 0 aliphatic rings. The first kappa shape index (κ1) is 18.0. The van der Waals surface area contributed by atoms with Crippen LogP contribution in [0.15, 0.2) is 35.3 Å². The number of methoxy groups -OCH3 is 1. The molecule has 0 bridgehead atoms. The molecule has 1 unspecified atom stereocenters. The van der Waals surface area contributed by atoms with Crippen LogP contribution in [0.25, 0.3) is 0 Å². The lowest BCUT2D eigenvalue weighted by molar-refractivity contribution is -0.144. The van der Waals surface area contributed by atoms with Crippen molar-refractivity contribution in [3.8, 4) is 0 Å². The maximum Gasteiger partial charge on any atom is 0.310 e. The number of hydrogen-bond donors (Lipinski definition) is 2. The van der Waals surface area contributed by atoms with Gasteiger partial charge in [-0.25, -0.2) is 0 Å². The molecular weight excluding hydrogens is 278 g/mol. The highest BCUT2D eigenvalue weighted by molar-refractivity contribution is 5.80. The van der Waals surface area contributed by atoms with Crippen molar-refractivity contribution in [1.29, 1.82) is 0 Å². The highest BCUT2D eigenvalue weighted by Gasteiger charge is 2.12. The Morgan fingerprint density at radius 2 is 2.00 bits per heavy atom. The predicted molar refractivity (Wildman–Crippen MR) is 89.9 cm³/mol. The summed E-state index contributed by atoms with van der Waals surface area (Å²) >= 11 is 0. The number of nitrogens with zero attached hydrogens (tertiary/aromatic N) is 1. The van der Waals surface area contributed by atoms with Crippen molar-refractivity contribution in [2.75, 3.05) is 26.7 Å². The number of esters is 1. The summed E-state index contributed by atoms with van der Waals surface area (Å²) in [4.78, 5) is 15.8. The fourth-order valence-corrected chi connectivity index (χ4v) is 1.99. The molecule has 0 aliphatic carbocycles. The van der Waals surface area contributed by atoms with E-state index < -0.39 is 0 Å². The molecule has 1 atom stereocenters. The van der Waals surface area contributed by atoms with Crippen LogP contribution >= 0.6 is 0 Å². The van der Waals surface area contributed by atoms with Crippen molar-refractivity contribution >= 4 is 11.9 Å². The third-order valence-electron chi connectivity index (χ3n) is 3.25. The van der Waals surface area contributed by atoms with Gasteiger partial charge >= 0.3 is 5.97 Å². The quantitative estimate of drug-likeness (QED) is 0.334. The molecule has 0 aliphatic heterocycles. The van der Waals surface area contributed by atoms with Gasteiger partial charge in [-0.2, -0.15) is 0 Å². The van der Waals surface area contributed by atoms with Crippen molar-refractivity contribution in [2.24, 2.45) is 10.9 Å². The number of carbonyl (C=O) groups excluding carboxylic acids is 1. The number of guanidine groups is 1. The Kier molecular flexibility index (Phi) is 8.72. The van der Waals surface area contributed by atoms with E-state index in [0.717, 1.165) is 31.9 Å². The van der Waals surface area contributed by atoms with E-state index in [2.05, 4.69) is 39.9 Å². The number of aliphatic imine (C=N–C) groups is 1. The SMILES string of the molecule is CCNC(=NCC(C)C(=O)OC)NCCCc1ccccc1. The van der Waals surface area contributed by atoms with E-state index in [4.69, 9.17) is 4.74 Å². The molecule has 0 amide bonds. The lowest BCUT2D eigenvalue weighted by Crippen LogP contribution is -2.38. The Balaban J connectivity index is 2.35. The summed E-state index contributed by atoms with van der Waals surface area (Å²) in [7, 11) is 1.40. The fourth-order valence-electron chi connectivity index (χ4n) is 1.99. The molecule has 1 aromatic rings. The van der Waals surface area contributed by atoms with Gasteiger partial charge in [0.2, 0.25) is 0 Å². The smallest absolute Gasteiger partial charge is 0.310 e. The van der Waals surface area contributed by atoms with Crippen LogP contribution in [0, 0.1) is 5.92 Å². The second-order valence-electron chi connectivity index (χ2n) is 5.16. The highest BCUT2D eigenvalue weighted by atomic mass is 16.5. The van der Waals surface area contributed by atoms with Crippen LogP contribution in [0.3, 0.4) is 0 Å². The second-order valence-corrected chi connectivity index (χ2v) is 5.16. The van der Waals surface area contributed by atoms with Crippen molar-refractivity contribution in [2.45, 2.75) is 26.7 Å². The summed E-state index contributed by atoms with van der Waals surface area (Å²) in [5.41, 5.74) is 1.34. The van der Waals surface area contributed by atoms with Crippen LogP contribution in [-0.2, 0) is 16.0 Å². The molecule has 5 heteroatoms. The van der Waals surface area contributed by atoms with Gasteiger partial charge in [0.1, 0.15) is 0 Å². The first-order valence-electron chi connectivity index (χ1n) is 7.81. The topological polar surface area (TPSA) is 62.7 Å². The highest BCUT2D eigenvalue weighted by Crippen LogP contribution is 2.01. The minimum Gasteiger partial charge on any atom is -0.469 e. The fraction of sp³-hybridized carbons (Fsp3) is 0.529. The van der Waals surface area contributed by atoms with Crippen LogP contribution in [0.5, 0.6) is 0 Å². The molecule has 0 spiro atoms. The van der Waals surface area contributed by atoms with E-state index in [1.807, 2.05) is 19.9 Å². The number of hydrogen-bond acceptors (Lipinski definition) is 3. The van der Waals surface area contributed by atoms with Crippen LogP contribution < -0.4 is 10.6 Å². The zero-order valence-electron chi connectivity index (χ0n) is 13.8. The first-order chi connectivity index (χ1) is 10.7. The molecule has 0 saturated heterocycles. The molecule has 0 aromatic heterocycles. The number of rotatable bonds is 8. The third kappa shape index (κ3) is 7.11. The molecular formula is C17H27N3O2. The lowest BCUT2D eigenvalue weighted by Gasteiger charge is -2.12. The standard InChI is InChI=1S/C17H27N3O2/c1-4-18-17(20-13-14(2)16(21)22-3)19-12-8-11-15-9-6-5-7-10-15/h5-7,9-10,14H,4,8,11-13H2,1-3H3,(H2,18,19,20). The molecule has 2 N–H and O–H groups in total. The molecule has 0 radical (unpaired) electrons. The molecule has 0 fully saturated rings. The Hall–Kier alpha value is -2.04. The summed E-state index contributed by atoms with van der Waals surface area (Å²) in [6, 6.07) is 10.4. The third-order valence-corrected chi connectivity index (χ3v) is 3.25. The lowest BCUT2D eigenvalue weighted by atomic mass is 10.1. The van der Waals surface area contributed by atoms with Crippen LogP contribution in [0.4, 0.5) is 0 Å². The van der Waals surface area contributed by atoms with Gasteiger partial charge in [-0.15, -0.1) is 0 Å². The first-order valence-corrected chi connectivity index (χ1v) is 7.81. The number of carbonyl (C=O) groups is 1. The minimum absolute atomic E-state index is 0.232. The molecule has 0 saturated carbocycles.